The second-order valence-electron chi connectivity index (χ2n) is 4.09. The summed E-state index contributed by atoms with van der Waals surface area (Å²) in [6, 6.07) is 0. The molecule has 0 amide bonds. The third-order valence-electron chi connectivity index (χ3n) is 2.81. The van der Waals surface area contributed by atoms with Gasteiger partial charge in [0, 0.05) is 17.5 Å². The minimum atomic E-state index is -1.56. The first kappa shape index (κ1) is 14.3. The van der Waals surface area contributed by atoms with Gasteiger partial charge in [-0.1, -0.05) is 12.2 Å². The largest absolute Gasteiger partial charge is 0.478 e. The van der Waals surface area contributed by atoms with Gasteiger partial charge in [-0.05, 0) is 12.6 Å². The summed E-state index contributed by atoms with van der Waals surface area (Å²) in [6.07, 6.45) is 6.14. The summed E-state index contributed by atoms with van der Waals surface area (Å²) in [6.45, 7) is 0. The Balaban J connectivity index is 2.81. The molecule has 2 rings (SSSR count). The van der Waals surface area contributed by atoms with Crippen molar-refractivity contribution in [3.05, 3.63) is 46.9 Å². The van der Waals surface area contributed by atoms with Crippen LogP contribution in [0.5, 0.6) is 0 Å². The zero-order valence-electron chi connectivity index (χ0n) is 10.5. The third-order valence-corrected chi connectivity index (χ3v) is 2.81. The Labute approximate surface area is 118 Å². The molecular formula is C13H10N2O6. The number of rotatable bonds is 4. The summed E-state index contributed by atoms with van der Waals surface area (Å²) >= 11 is 0. The van der Waals surface area contributed by atoms with E-state index < -0.39 is 29.2 Å². The van der Waals surface area contributed by atoms with E-state index in [1.807, 2.05) is 0 Å². The van der Waals surface area contributed by atoms with Gasteiger partial charge in [0.05, 0.1) is 5.56 Å². The molecule has 0 atom stereocenters. The zero-order valence-corrected chi connectivity index (χ0v) is 10.5. The van der Waals surface area contributed by atoms with Gasteiger partial charge in [0.1, 0.15) is 5.56 Å². The molecule has 0 saturated heterocycles. The Bertz CT molecular complexity index is 705. The van der Waals surface area contributed by atoms with Crippen LogP contribution in [0.1, 0.15) is 43.2 Å². The van der Waals surface area contributed by atoms with Crippen LogP contribution in [0.3, 0.4) is 0 Å². The maximum absolute atomic E-state index is 11.4. The van der Waals surface area contributed by atoms with Crippen molar-refractivity contribution in [1.29, 1.82) is 0 Å². The fourth-order valence-corrected chi connectivity index (χ4v) is 1.96. The van der Waals surface area contributed by atoms with Gasteiger partial charge in [-0.25, -0.2) is 19.4 Å². The number of hydrogen-bond donors (Lipinski definition) is 4. The van der Waals surface area contributed by atoms with Gasteiger partial charge in [-0.3, -0.25) is 0 Å². The maximum Gasteiger partial charge on any atom is 0.355 e. The lowest BCUT2D eigenvalue weighted by Crippen LogP contribution is -2.21. The normalized spacial score (nSPS) is 13.2. The molecule has 1 aliphatic rings. The van der Waals surface area contributed by atoms with Crippen molar-refractivity contribution in [3.8, 4) is 0 Å². The molecule has 0 spiro atoms. The highest BCUT2D eigenvalue weighted by Gasteiger charge is 2.28. The summed E-state index contributed by atoms with van der Waals surface area (Å²) in [5, 5.41) is 30.2. The Morgan fingerprint density at radius 1 is 1.10 bits per heavy atom. The number of carbonyl (C=O) groups is 3. The molecule has 4 N–H and O–H groups in total. The number of carboxylic acid groups (broad SMARTS) is 3. The summed E-state index contributed by atoms with van der Waals surface area (Å²) < 4.78 is 0. The van der Waals surface area contributed by atoms with Crippen LogP contribution < -0.4 is 5.32 Å². The molecular weight excluding hydrogens is 280 g/mol. The SMILES string of the molecule is O=C(O)c1cnc(C(=O)O)c(C(=O)O)c1C1=CCC=CN1. The van der Waals surface area contributed by atoms with E-state index in [9.17, 15) is 24.6 Å². The Morgan fingerprint density at radius 2 is 1.81 bits per heavy atom. The maximum atomic E-state index is 11.4. The number of aromatic carboxylic acids is 3. The van der Waals surface area contributed by atoms with Gasteiger partial charge in [0.25, 0.3) is 0 Å². The summed E-state index contributed by atoms with van der Waals surface area (Å²) in [7, 11) is 0. The third kappa shape index (κ3) is 2.59. The molecule has 0 unspecified atom stereocenters. The summed E-state index contributed by atoms with van der Waals surface area (Å²) in [4.78, 5) is 37.2. The molecule has 0 radical (unpaired) electrons. The van der Waals surface area contributed by atoms with Crippen LogP contribution in [-0.4, -0.2) is 38.2 Å². The Hall–Kier alpha value is -3.16. The minimum Gasteiger partial charge on any atom is -0.478 e. The van der Waals surface area contributed by atoms with E-state index in [0.29, 0.717) is 6.42 Å². The zero-order chi connectivity index (χ0) is 15.6. The molecule has 1 aromatic rings. The van der Waals surface area contributed by atoms with Crippen molar-refractivity contribution < 1.29 is 29.7 Å². The predicted octanol–water partition coefficient (Wildman–Crippen LogP) is 1.02. The first-order chi connectivity index (χ1) is 9.93. The molecule has 21 heavy (non-hydrogen) atoms. The van der Waals surface area contributed by atoms with Crippen molar-refractivity contribution in [3.63, 3.8) is 0 Å². The van der Waals surface area contributed by atoms with Crippen molar-refractivity contribution in [1.82, 2.24) is 10.3 Å². The number of dihydropyridines is 1. The highest BCUT2D eigenvalue weighted by Crippen LogP contribution is 2.26. The lowest BCUT2D eigenvalue weighted by atomic mass is 9.96. The average molecular weight is 290 g/mol. The van der Waals surface area contributed by atoms with Gasteiger partial charge < -0.3 is 20.6 Å². The average Bonchev–Trinajstić information content (AvgIpc) is 2.46. The second-order valence-corrected chi connectivity index (χ2v) is 4.09. The van der Waals surface area contributed by atoms with Crippen LogP contribution in [0.4, 0.5) is 0 Å². The van der Waals surface area contributed by atoms with E-state index in [4.69, 9.17) is 5.11 Å². The monoisotopic (exact) mass is 290 g/mol. The summed E-state index contributed by atoms with van der Waals surface area (Å²) in [5.41, 5.74) is -1.73. The van der Waals surface area contributed by atoms with Crippen LogP contribution >= 0.6 is 0 Å². The molecule has 1 aromatic heterocycles. The number of pyridine rings is 1. The Kier molecular flexibility index (Phi) is 3.70. The molecule has 1 aliphatic heterocycles. The van der Waals surface area contributed by atoms with Gasteiger partial charge in [0.15, 0.2) is 5.69 Å². The van der Waals surface area contributed by atoms with E-state index in [1.54, 1.807) is 12.2 Å². The fourth-order valence-electron chi connectivity index (χ4n) is 1.96. The van der Waals surface area contributed by atoms with Gasteiger partial charge in [-0.2, -0.15) is 0 Å². The second kappa shape index (κ2) is 5.45. The van der Waals surface area contributed by atoms with Crippen LogP contribution in [-0.2, 0) is 0 Å². The van der Waals surface area contributed by atoms with Crippen molar-refractivity contribution in [2.24, 2.45) is 0 Å². The van der Waals surface area contributed by atoms with E-state index in [-0.39, 0.29) is 16.8 Å². The van der Waals surface area contributed by atoms with E-state index >= 15 is 0 Å². The quantitative estimate of drug-likeness (QED) is 0.645. The van der Waals surface area contributed by atoms with Gasteiger partial charge >= 0.3 is 17.9 Å². The van der Waals surface area contributed by atoms with E-state index in [2.05, 4.69) is 10.3 Å². The molecule has 0 bridgehead atoms. The first-order valence-electron chi connectivity index (χ1n) is 5.78. The fraction of sp³-hybridized carbons (Fsp3) is 0.0769. The number of aromatic nitrogens is 1. The van der Waals surface area contributed by atoms with Crippen molar-refractivity contribution in [2.45, 2.75) is 6.42 Å². The lowest BCUT2D eigenvalue weighted by Gasteiger charge is -2.16. The van der Waals surface area contributed by atoms with Crippen LogP contribution in [0.2, 0.25) is 0 Å². The van der Waals surface area contributed by atoms with Gasteiger partial charge in [0.2, 0.25) is 0 Å². The Morgan fingerprint density at radius 3 is 2.29 bits per heavy atom. The van der Waals surface area contributed by atoms with E-state index in [1.165, 1.54) is 6.20 Å². The molecule has 0 aromatic carbocycles. The molecule has 0 aliphatic carbocycles. The van der Waals surface area contributed by atoms with Crippen molar-refractivity contribution >= 4 is 23.6 Å². The molecule has 108 valence electrons. The number of carboxylic acids is 3. The van der Waals surface area contributed by atoms with E-state index in [0.717, 1.165) is 6.20 Å². The lowest BCUT2D eigenvalue weighted by molar-refractivity contribution is 0.0643. The minimum absolute atomic E-state index is 0.202. The molecule has 0 fully saturated rings. The highest BCUT2D eigenvalue weighted by atomic mass is 16.4. The smallest absolute Gasteiger partial charge is 0.355 e. The topological polar surface area (TPSA) is 137 Å². The number of nitrogens with zero attached hydrogens (tertiary/aromatic N) is 1. The molecule has 8 nitrogen and oxygen atoms in total. The van der Waals surface area contributed by atoms with Crippen LogP contribution in [0.15, 0.2) is 24.5 Å². The predicted molar refractivity (Wildman–Crippen MR) is 70.0 cm³/mol. The highest BCUT2D eigenvalue weighted by molar-refractivity contribution is 6.07. The summed E-state index contributed by atoms with van der Waals surface area (Å²) in [5.74, 6) is -4.50. The van der Waals surface area contributed by atoms with Crippen LogP contribution in [0, 0.1) is 0 Å². The number of hydrogen-bond acceptors (Lipinski definition) is 5. The standard InChI is InChI=1S/C13H10N2O6/c16-11(17)6-5-15-10(13(20)21)9(12(18)19)8(6)7-3-1-2-4-14-7/h2-5,14H,1H2,(H,16,17)(H,18,19)(H,20,21). The van der Waals surface area contributed by atoms with Crippen LogP contribution in [0.25, 0.3) is 5.70 Å². The first-order valence-corrected chi connectivity index (χ1v) is 5.78. The molecule has 2 heterocycles. The number of allylic oxidation sites excluding steroid dienone is 2. The molecule has 8 heteroatoms. The van der Waals surface area contributed by atoms with Crippen molar-refractivity contribution in [2.75, 3.05) is 0 Å². The van der Waals surface area contributed by atoms with Gasteiger partial charge in [-0.15, -0.1) is 0 Å². The molecule has 0 saturated carbocycles. The number of nitrogens with one attached hydrogen (secondary N) is 1.